The van der Waals surface area contributed by atoms with Crippen LogP contribution >= 0.6 is 15.9 Å². The molecule has 2 aromatic rings. The van der Waals surface area contributed by atoms with E-state index >= 15 is 0 Å². The van der Waals surface area contributed by atoms with Gasteiger partial charge in [-0.25, -0.2) is 8.42 Å². The van der Waals surface area contributed by atoms with Crippen LogP contribution in [0.25, 0.3) is 0 Å². The lowest BCUT2D eigenvalue weighted by atomic mass is 9.96. The highest BCUT2D eigenvalue weighted by Crippen LogP contribution is 2.40. The van der Waals surface area contributed by atoms with E-state index in [-0.39, 0.29) is 35.7 Å². The van der Waals surface area contributed by atoms with Gasteiger partial charge in [0, 0.05) is 49.2 Å². The summed E-state index contributed by atoms with van der Waals surface area (Å²) in [5.41, 5.74) is 3.28. The number of nitrogens with zero attached hydrogens (tertiary/aromatic N) is 3. The molecule has 0 aromatic heterocycles. The SMILES string of the molecule is CCC(=O)N1CCc2cc(Br)cc(S(=O)(=O)N3CCC(C(=O)N(C)c4cccc(C)c4)CC3)c21. The van der Waals surface area contributed by atoms with Gasteiger partial charge in [-0.2, -0.15) is 4.31 Å². The normalized spacial score (nSPS) is 17.0. The van der Waals surface area contributed by atoms with E-state index in [1.807, 2.05) is 37.3 Å². The number of hydrogen-bond donors (Lipinski definition) is 0. The summed E-state index contributed by atoms with van der Waals surface area (Å²) in [5.74, 6) is -0.310. The van der Waals surface area contributed by atoms with Gasteiger partial charge in [0.2, 0.25) is 21.8 Å². The van der Waals surface area contributed by atoms with Crippen LogP contribution in [0.2, 0.25) is 0 Å². The van der Waals surface area contributed by atoms with Crippen molar-refractivity contribution in [2.75, 3.05) is 36.5 Å². The summed E-state index contributed by atoms with van der Waals surface area (Å²) < 4.78 is 29.5. The van der Waals surface area contributed by atoms with Gasteiger partial charge in [-0.3, -0.25) is 9.59 Å². The van der Waals surface area contributed by atoms with Crippen LogP contribution < -0.4 is 9.80 Å². The highest BCUT2D eigenvalue weighted by Gasteiger charge is 2.38. The first-order chi connectivity index (χ1) is 16.1. The Kier molecular flexibility index (Phi) is 7.17. The number of halogens is 1. The fraction of sp³-hybridized carbons (Fsp3) is 0.440. The molecule has 7 nitrogen and oxygen atoms in total. The molecule has 1 fully saturated rings. The van der Waals surface area contributed by atoms with Gasteiger partial charge in [-0.05, 0) is 61.6 Å². The van der Waals surface area contributed by atoms with Crippen LogP contribution in [-0.4, -0.2) is 51.2 Å². The Bertz CT molecular complexity index is 1220. The van der Waals surface area contributed by atoms with Crippen molar-refractivity contribution >= 4 is 49.1 Å². The van der Waals surface area contributed by atoms with E-state index in [4.69, 9.17) is 0 Å². The van der Waals surface area contributed by atoms with Crippen LogP contribution in [0, 0.1) is 12.8 Å². The molecule has 182 valence electrons. The van der Waals surface area contributed by atoms with Crippen molar-refractivity contribution in [3.8, 4) is 0 Å². The number of carbonyl (C=O) groups excluding carboxylic acids is 2. The van der Waals surface area contributed by atoms with E-state index in [1.165, 1.54) is 4.31 Å². The number of amides is 2. The Morgan fingerprint density at radius 1 is 1.12 bits per heavy atom. The van der Waals surface area contributed by atoms with Gasteiger partial charge in [0.1, 0.15) is 4.90 Å². The molecule has 2 aliphatic rings. The Balaban J connectivity index is 1.53. The Labute approximate surface area is 209 Å². The number of anilines is 2. The predicted octanol–water partition coefficient (Wildman–Crippen LogP) is 4.12. The third kappa shape index (κ3) is 4.65. The molecular weight excluding hydrogens is 518 g/mol. The molecule has 0 spiro atoms. The second kappa shape index (κ2) is 9.79. The molecule has 0 radical (unpaired) electrons. The molecule has 34 heavy (non-hydrogen) atoms. The zero-order chi connectivity index (χ0) is 24.6. The van der Waals surface area contributed by atoms with E-state index in [0.717, 1.165) is 16.8 Å². The minimum atomic E-state index is -3.83. The van der Waals surface area contributed by atoms with Crippen molar-refractivity contribution in [3.05, 3.63) is 52.0 Å². The number of piperidine rings is 1. The number of benzene rings is 2. The predicted molar refractivity (Wildman–Crippen MR) is 137 cm³/mol. The zero-order valence-electron chi connectivity index (χ0n) is 19.8. The van der Waals surface area contributed by atoms with Gasteiger partial charge in [-0.15, -0.1) is 0 Å². The van der Waals surface area contributed by atoms with Crippen LogP contribution in [0.3, 0.4) is 0 Å². The smallest absolute Gasteiger partial charge is 0.245 e. The largest absolute Gasteiger partial charge is 0.315 e. The van der Waals surface area contributed by atoms with Crippen molar-refractivity contribution < 1.29 is 18.0 Å². The maximum atomic E-state index is 13.7. The summed E-state index contributed by atoms with van der Waals surface area (Å²) in [7, 11) is -2.06. The van der Waals surface area contributed by atoms with Gasteiger partial charge in [0.25, 0.3) is 0 Å². The molecule has 1 saturated heterocycles. The molecule has 0 unspecified atom stereocenters. The number of fused-ring (bicyclic) bond motifs is 1. The highest BCUT2D eigenvalue weighted by atomic mass is 79.9. The molecule has 9 heteroatoms. The van der Waals surface area contributed by atoms with E-state index in [2.05, 4.69) is 15.9 Å². The minimum absolute atomic E-state index is 0.00529. The number of aryl methyl sites for hydroxylation is 1. The average molecular weight is 549 g/mol. The van der Waals surface area contributed by atoms with E-state index in [9.17, 15) is 18.0 Å². The van der Waals surface area contributed by atoms with Crippen LogP contribution in [0.15, 0.2) is 45.8 Å². The average Bonchev–Trinajstić information content (AvgIpc) is 3.25. The number of sulfonamides is 1. The fourth-order valence-electron chi connectivity index (χ4n) is 4.83. The molecule has 2 heterocycles. The lowest BCUT2D eigenvalue weighted by molar-refractivity contribution is -0.123. The first kappa shape index (κ1) is 24.9. The molecule has 0 atom stereocenters. The van der Waals surface area contributed by atoms with Crippen molar-refractivity contribution in [2.45, 2.75) is 44.4 Å². The third-order valence-electron chi connectivity index (χ3n) is 6.74. The maximum absolute atomic E-state index is 13.7. The quantitative estimate of drug-likeness (QED) is 0.564. The van der Waals surface area contributed by atoms with Gasteiger partial charge >= 0.3 is 0 Å². The van der Waals surface area contributed by atoms with Gasteiger partial charge in [0.05, 0.1) is 5.69 Å². The molecule has 0 saturated carbocycles. The lowest BCUT2D eigenvalue weighted by Crippen LogP contribution is -2.44. The zero-order valence-corrected chi connectivity index (χ0v) is 22.2. The van der Waals surface area contributed by atoms with Gasteiger partial charge in [-0.1, -0.05) is 35.0 Å². The number of rotatable bonds is 5. The molecular formula is C25H30BrN3O4S. The molecule has 0 bridgehead atoms. The van der Waals surface area contributed by atoms with Crippen molar-refractivity contribution in [2.24, 2.45) is 5.92 Å². The Morgan fingerprint density at radius 2 is 1.82 bits per heavy atom. The monoisotopic (exact) mass is 547 g/mol. The van der Waals surface area contributed by atoms with Crippen LogP contribution in [0.4, 0.5) is 11.4 Å². The minimum Gasteiger partial charge on any atom is -0.315 e. The van der Waals surface area contributed by atoms with Crippen molar-refractivity contribution in [1.29, 1.82) is 0 Å². The van der Waals surface area contributed by atoms with Crippen LogP contribution in [-0.2, 0) is 26.0 Å². The van der Waals surface area contributed by atoms with E-state index < -0.39 is 10.0 Å². The van der Waals surface area contributed by atoms with Crippen LogP contribution in [0.5, 0.6) is 0 Å². The molecule has 2 amide bonds. The maximum Gasteiger partial charge on any atom is 0.245 e. The summed E-state index contributed by atoms with van der Waals surface area (Å²) in [6, 6.07) is 11.3. The second-order valence-corrected chi connectivity index (χ2v) is 11.8. The summed E-state index contributed by atoms with van der Waals surface area (Å²) in [6.45, 7) is 4.79. The van der Waals surface area contributed by atoms with E-state index in [1.54, 1.807) is 29.8 Å². The first-order valence-electron chi connectivity index (χ1n) is 11.6. The molecule has 4 rings (SSSR count). The van der Waals surface area contributed by atoms with Crippen LogP contribution in [0.1, 0.15) is 37.3 Å². The Hall–Kier alpha value is -2.23. The Morgan fingerprint density at radius 3 is 2.47 bits per heavy atom. The standard InChI is InChI=1S/C25H30BrN3O4S/c1-4-23(30)29-13-10-19-15-20(26)16-22(24(19)29)34(32,33)28-11-8-18(9-12-28)25(31)27(3)21-7-5-6-17(2)14-21/h5-7,14-16,18H,4,8-13H2,1-3H3. The molecule has 2 aromatic carbocycles. The lowest BCUT2D eigenvalue weighted by Gasteiger charge is -2.33. The topological polar surface area (TPSA) is 78.0 Å². The molecule has 2 aliphatic heterocycles. The number of carbonyl (C=O) groups is 2. The number of hydrogen-bond acceptors (Lipinski definition) is 4. The van der Waals surface area contributed by atoms with Crippen molar-refractivity contribution in [1.82, 2.24) is 4.31 Å². The summed E-state index contributed by atoms with van der Waals surface area (Å²) in [4.78, 5) is 29.0. The first-order valence-corrected chi connectivity index (χ1v) is 13.8. The third-order valence-corrected chi connectivity index (χ3v) is 9.11. The summed E-state index contributed by atoms with van der Waals surface area (Å²) >= 11 is 3.44. The fourth-order valence-corrected chi connectivity index (χ4v) is 7.21. The van der Waals surface area contributed by atoms with Gasteiger partial charge < -0.3 is 9.80 Å². The van der Waals surface area contributed by atoms with Gasteiger partial charge in [0.15, 0.2) is 0 Å². The van der Waals surface area contributed by atoms with E-state index in [0.29, 0.717) is 42.4 Å². The second-order valence-electron chi connectivity index (χ2n) is 8.98. The molecule has 0 N–H and O–H groups in total. The van der Waals surface area contributed by atoms with Crippen molar-refractivity contribution in [3.63, 3.8) is 0 Å². The molecule has 0 aliphatic carbocycles. The highest BCUT2D eigenvalue weighted by molar-refractivity contribution is 9.10. The summed E-state index contributed by atoms with van der Waals surface area (Å²) in [5, 5.41) is 0. The summed E-state index contributed by atoms with van der Waals surface area (Å²) in [6.07, 6.45) is 1.87.